The molecule has 5 nitrogen and oxygen atoms in total. The van der Waals surface area contributed by atoms with Gasteiger partial charge in [-0.15, -0.1) is 0 Å². The Labute approximate surface area is 191 Å². The van der Waals surface area contributed by atoms with Gasteiger partial charge in [0, 0.05) is 16.5 Å². The van der Waals surface area contributed by atoms with E-state index in [-0.39, 0.29) is 18.0 Å². The van der Waals surface area contributed by atoms with Gasteiger partial charge in [0.2, 0.25) is 5.89 Å². The van der Waals surface area contributed by atoms with Crippen molar-refractivity contribution in [2.75, 3.05) is 7.11 Å². The lowest BCUT2D eigenvalue weighted by Gasteiger charge is -2.16. The van der Waals surface area contributed by atoms with Gasteiger partial charge in [-0.25, -0.2) is 4.98 Å². The molecule has 3 rings (SSSR count). The van der Waals surface area contributed by atoms with Crippen LogP contribution in [-0.4, -0.2) is 18.1 Å². The van der Waals surface area contributed by atoms with Gasteiger partial charge in [-0.3, -0.25) is 4.79 Å². The number of aromatic nitrogens is 1. The molecule has 0 aliphatic heterocycles. The molecule has 0 saturated carbocycles. The molecule has 0 amide bonds. The first-order chi connectivity index (χ1) is 14.8. The highest BCUT2D eigenvalue weighted by Gasteiger charge is 2.23. The van der Waals surface area contributed by atoms with Gasteiger partial charge in [0.1, 0.15) is 5.75 Å². The number of oxazole rings is 1. The first-order valence-corrected chi connectivity index (χ1v) is 11.2. The van der Waals surface area contributed by atoms with Gasteiger partial charge in [0.25, 0.3) is 0 Å². The molecule has 2 aromatic carbocycles. The number of esters is 1. The van der Waals surface area contributed by atoms with E-state index >= 15 is 0 Å². The van der Waals surface area contributed by atoms with E-state index in [2.05, 4.69) is 29.8 Å². The number of methoxy groups -OCH3 is 1. The Morgan fingerprint density at radius 1 is 1.13 bits per heavy atom. The van der Waals surface area contributed by atoms with Gasteiger partial charge in [-0.1, -0.05) is 35.8 Å². The van der Waals surface area contributed by atoms with E-state index in [0.717, 1.165) is 38.4 Å². The van der Waals surface area contributed by atoms with E-state index in [1.54, 1.807) is 0 Å². The Morgan fingerprint density at radius 2 is 1.84 bits per heavy atom. The van der Waals surface area contributed by atoms with Crippen LogP contribution in [0.5, 0.6) is 5.75 Å². The molecule has 0 saturated heterocycles. The molecule has 0 spiro atoms. The predicted octanol–water partition coefficient (Wildman–Crippen LogP) is 6.78. The molecule has 31 heavy (non-hydrogen) atoms. The zero-order valence-electron chi connectivity index (χ0n) is 18.6. The summed E-state index contributed by atoms with van der Waals surface area (Å²) >= 11 is 3.46. The Balaban J connectivity index is 1.79. The Hall–Kier alpha value is -2.60. The molecule has 0 aliphatic rings. The van der Waals surface area contributed by atoms with Crippen molar-refractivity contribution in [1.82, 2.24) is 4.98 Å². The standard InChI is InChI=1S/C25H28BrNO4/c1-15(2)23-24(31-25(27-23)19-6-10-20(26)11-7-19)17(4)30-21-12-8-18(16(3)14-21)9-13-22(28)29-5/h6-8,10-12,14-15,17H,9,13H2,1-5H3. The largest absolute Gasteiger partial charge is 0.483 e. The first kappa shape index (κ1) is 23.1. The van der Waals surface area contributed by atoms with Crippen molar-refractivity contribution in [3.63, 3.8) is 0 Å². The summed E-state index contributed by atoms with van der Waals surface area (Å²) in [5.41, 5.74) is 4.00. The molecular formula is C25H28BrNO4. The summed E-state index contributed by atoms with van der Waals surface area (Å²) in [7, 11) is 1.41. The third-order valence-electron chi connectivity index (χ3n) is 5.14. The van der Waals surface area contributed by atoms with Crippen molar-refractivity contribution >= 4 is 21.9 Å². The van der Waals surface area contributed by atoms with E-state index in [0.29, 0.717) is 18.7 Å². The van der Waals surface area contributed by atoms with E-state index in [4.69, 9.17) is 18.9 Å². The molecule has 1 unspecified atom stereocenters. The summed E-state index contributed by atoms with van der Waals surface area (Å²) in [6.45, 7) is 8.18. The molecule has 0 aliphatic carbocycles. The summed E-state index contributed by atoms with van der Waals surface area (Å²) in [6.07, 6.45) is 0.710. The average molecular weight is 486 g/mol. The summed E-state index contributed by atoms with van der Waals surface area (Å²) in [5.74, 6) is 2.08. The molecule has 0 bridgehead atoms. The van der Waals surface area contributed by atoms with Crippen LogP contribution in [-0.2, 0) is 16.0 Å². The third kappa shape index (κ3) is 5.76. The van der Waals surface area contributed by atoms with Crippen molar-refractivity contribution in [3.8, 4) is 17.2 Å². The topological polar surface area (TPSA) is 61.6 Å². The number of rotatable bonds is 8. The predicted molar refractivity (Wildman–Crippen MR) is 124 cm³/mol. The number of carbonyl (C=O) groups is 1. The van der Waals surface area contributed by atoms with Crippen LogP contribution in [0.4, 0.5) is 0 Å². The number of hydrogen-bond acceptors (Lipinski definition) is 5. The molecular weight excluding hydrogens is 458 g/mol. The molecule has 0 fully saturated rings. The molecule has 164 valence electrons. The first-order valence-electron chi connectivity index (χ1n) is 10.4. The van der Waals surface area contributed by atoms with Crippen LogP contribution in [0.1, 0.15) is 61.8 Å². The van der Waals surface area contributed by atoms with Crippen molar-refractivity contribution in [3.05, 3.63) is 69.5 Å². The van der Waals surface area contributed by atoms with Crippen molar-refractivity contribution in [2.45, 2.75) is 52.6 Å². The van der Waals surface area contributed by atoms with Gasteiger partial charge in [-0.05, 0) is 73.7 Å². The zero-order chi connectivity index (χ0) is 22.5. The van der Waals surface area contributed by atoms with Gasteiger partial charge >= 0.3 is 5.97 Å². The Morgan fingerprint density at radius 3 is 2.45 bits per heavy atom. The fourth-order valence-corrected chi connectivity index (χ4v) is 3.65. The lowest BCUT2D eigenvalue weighted by atomic mass is 10.0. The summed E-state index contributed by atoms with van der Waals surface area (Å²) < 4.78 is 18.1. The van der Waals surface area contributed by atoms with E-state index in [9.17, 15) is 4.79 Å². The number of carbonyl (C=O) groups excluding carboxylic acids is 1. The van der Waals surface area contributed by atoms with Crippen molar-refractivity contribution in [1.29, 1.82) is 0 Å². The SMILES string of the molecule is COC(=O)CCc1ccc(OC(C)c2oc(-c3ccc(Br)cc3)nc2C(C)C)cc1C. The van der Waals surface area contributed by atoms with Crippen LogP contribution in [0.15, 0.2) is 51.4 Å². The maximum absolute atomic E-state index is 11.4. The number of ether oxygens (including phenoxy) is 2. The smallest absolute Gasteiger partial charge is 0.305 e. The van der Waals surface area contributed by atoms with Crippen LogP contribution < -0.4 is 4.74 Å². The van der Waals surface area contributed by atoms with Crippen molar-refractivity contribution < 1.29 is 18.7 Å². The maximum Gasteiger partial charge on any atom is 0.305 e. The molecule has 1 heterocycles. The van der Waals surface area contributed by atoms with Crippen LogP contribution >= 0.6 is 15.9 Å². The van der Waals surface area contributed by atoms with E-state index < -0.39 is 0 Å². The number of hydrogen-bond donors (Lipinski definition) is 0. The minimum Gasteiger partial charge on any atom is -0.483 e. The molecule has 1 aromatic heterocycles. The second-order valence-corrected chi connectivity index (χ2v) is 8.77. The molecule has 6 heteroatoms. The highest BCUT2D eigenvalue weighted by atomic mass is 79.9. The summed E-state index contributed by atoms with van der Waals surface area (Å²) in [5, 5.41) is 0. The fourth-order valence-electron chi connectivity index (χ4n) is 3.38. The minimum absolute atomic E-state index is 0.205. The zero-order valence-corrected chi connectivity index (χ0v) is 20.2. The second kappa shape index (κ2) is 10.1. The van der Waals surface area contributed by atoms with E-state index in [1.807, 2.05) is 56.3 Å². The van der Waals surface area contributed by atoms with Gasteiger partial charge in [0.05, 0.1) is 12.8 Å². The molecule has 1 atom stereocenters. The molecule has 0 N–H and O–H groups in total. The number of nitrogens with zero attached hydrogens (tertiary/aromatic N) is 1. The number of benzene rings is 2. The van der Waals surface area contributed by atoms with Crippen LogP contribution in [0.2, 0.25) is 0 Å². The molecule has 0 radical (unpaired) electrons. The van der Waals surface area contributed by atoms with Crippen LogP contribution in [0, 0.1) is 6.92 Å². The maximum atomic E-state index is 11.4. The number of halogens is 1. The van der Waals surface area contributed by atoms with Gasteiger partial charge < -0.3 is 13.9 Å². The molecule has 3 aromatic rings. The normalized spacial score (nSPS) is 12.1. The van der Waals surface area contributed by atoms with Gasteiger partial charge in [-0.2, -0.15) is 0 Å². The van der Waals surface area contributed by atoms with Crippen LogP contribution in [0.25, 0.3) is 11.5 Å². The van der Waals surface area contributed by atoms with Crippen molar-refractivity contribution in [2.24, 2.45) is 0 Å². The highest BCUT2D eigenvalue weighted by molar-refractivity contribution is 9.10. The lowest BCUT2D eigenvalue weighted by Crippen LogP contribution is -2.07. The second-order valence-electron chi connectivity index (χ2n) is 7.85. The fraction of sp³-hybridized carbons (Fsp3) is 0.360. The lowest BCUT2D eigenvalue weighted by molar-refractivity contribution is -0.140. The highest BCUT2D eigenvalue weighted by Crippen LogP contribution is 2.33. The summed E-state index contributed by atoms with van der Waals surface area (Å²) in [6, 6.07) is 13.8. The minimum atomic E-state index is -0.297. The Kier molecular flexibility index (Phi) is 7.55. The van der Waals surface area contributed by atoms with Gasteiger partial charge in [0.15, 0.2) is 11.9 Å². The average Bonchev–Trinajstić information content (AvgIpc) is 3.19. The quantitative estimate of drug-likeness (QED) is 0.329. The van der Waals surface area contributed by atoms with Crippen LogP contribution in [0.3, 0.4) is 0 Å². The number of aryl methyl sites for hydroxylation is 2. The summed E-state index contributed by atoms with van der Waals surface area (Å²) in [4.78, 5) is 16.2. The Bertz CT molecular complexity index is 1040. The third-order valence-corrected chi connectivity index (χ3v) is 5.67. The monoisotopic (exact) mass is 485 g/mol. The van der Waals surface area contributed by atoms with E-state index in [1.165, 1.54) is 7.11 Å².